The average molecular weight is 400 g/mol. The summed E-state index contributed by atoms with van der Waals surface area (Å²) in [5.41, 5.74) is 7.34. The van der Waals surface area contributed by atoms with Crippen LogP contribution in [0.2, 0.25) is 0 Å². The van der Waals surface area contributed by atoms with Crippen LogP contribution >= 0.6 is 0 Å². The molecule has 26 heavy (non-hydrogen) atoms. The normalized spacial score (nSPS) is 12.2. The minimum atomic E-state index is -4.24. The van der Waals surface area contributed by atoms with Crippen LogP contribution < -0.4 is 10.9 Å². The quantitative estimate of drug-likeness (QED) is 0.279. The summed E-state index contributed by atoms with van der Waals surface area (Å²) < 4.78 is 62.6. The summed E-state index contributed by atoms with van der Waals surface area (Å²) in [6.07, 6.45) is 1.03. The van der Waals surface area contributed by atoms with Crippen LogP contribution in [-0.4, -0.2) is 39.0 Å². The van der Waals surface area contributed by atoms with E-state index in [1.807, 2.05) is 0 Å². The molecular weight excluding hydrogens is 380 g/mol. The second kappa shape index (κ2) is 8.71. The van der Waals surface area contributed by atoms with E-state index in [1.54, 1.807) is 30.3 Å². The molecule has 2 aromatic carbocycles. The van der Waals surface area contributed by atoms with Crippen LogP contribution in [-0.2, 0) is 33.1 Å². The zero-order chi connectivity index (χ0) is 19.2. The second-order valence-corrected chi connectivity index (χ2v) is 8.37. The Labute approximate surface area is 152 Å². The van der Waals surface area contributed by atoms with Gasteiger partial charge in [-0.3, -0.25) is 20.0 Å². The molecule has 0 aliphatic heterocycles. The van der Waals surface area contributed by atoms with Crippen molar-refractivity contribution < 1.29 is 25.9 Å². The van der Waals surface area contributed by atoms with Crippen molar-refractivity contribution in [3.8, 4) is 0 Å². The predicted molar refractivity (Wildman–Crippen MR) is 95.9 cm³/mol. The Hall–Kier alpha value is -1.82. The van der Waals surface area contributed by atoms with Gasteiger partial charge in [0.2, 0.25) is 0 Å². The Kier molecular flexibility index (Phi) is 6.87. The monoisotopic (exact) mass is 400 g/mol. The van der Waals surface area contributed by atoms with Gasteiger partial charge in [0.25, 0.3) is 20.2 Å². The molecule has 0 saturated carbocycles. The fraction of sp³-hybridized carbons (Fsp3) is 0.250. The van der Waals surface area contributed by atoms with Gasteiger partial charge >= 0.3 is 0 Å². The van der Waals surface area contributed by atoms with Gasteiger partial charge in [0, 0.05) is 13.1 Å². The maximum Gasteiger partial charge on any atom is 0.294 e. The Morgan fingerprint density at radius 1 is 0.731 bits per heavy atom. The van der Waals surface area contributed by atoms with E-state index in [4.69, 9.17) is 4.55 Å². The SMILES string of the molecule is O=S(=O)(O)c1ccc(CCNNCCc2ccccc2S(=O)(=O)O)cc1. The number of benzene rings is 2. The first-order valence-corrected chi connectivity index (χ1v) is 10.6. The molecule has 4 N–H and O–H groups in total. The molecule has 0 heterocycles. The summed E-state index contributed by atoms with van der Waals surface area (Å²) in [6.45, 7) is 1.01. The lowest BCUT2D eigenvalue weighted by Gasteiger charge is -2.09. The number of hydrogen-bond acceptors (Lipinski definition) is 6. The average Bonchev–Trinajstić information content (AvgIpc) is 2.57. The Morgan fingerprint density at radius 2 is 1.31 bits per heavy atom. The Bertz CT molecular complexity index is 941. The highest BCUT2D eigenvalue weighted by Crippen LogP contribution is 2.15. The topological polar surface area (TPSA) is 133 Å². The minimum absolute atomic E-state index is 0.0966. The van der Waals surface area contributed by atoms with Gasteiger partial charge in [-0.1, -0.05) is 30.3 Å². The van der Waals surface area contributed by atoms with Crippen molar-refractivity contribution in [1.82, 2.24) is 10.9 Å². The maximum atomic E-state index is 11.3. The van der Waals surface area contributed by atoms with E-state index in [0.29, 0.717) is 31.5 Å². The van der Waals surface area contributed by atoms with Crippen LogP contribution in [0, 0.1) is 0 Å². The van der Waals surface area contributed by atoms with Gasteiger partial charge < -0.3 is 0 Å². The summed E-state index contributed by atoms with van der Waals surface area (Å²) >= 11 is 0. The number of hydrazine groups is 1. The third kappa shape index (κ3) is 6.16. The molecule has 0 radical (unpaired) electrons. The molecule has 8 nitrogen and oxygen atoms in total. The van der Waals surface area contributed by atoms with Crippen molar-refractivity contribution in [3.63, 3.8) is 0 Å². The summed E-state index contributed by atoms with van der Waals surface area (Å²) in [7, 11) is -8.42. The van der Waals surface area contributed by atoms with E-state index in [0.717, 1.165) is 5.56 Å². The largest absolute Gasteiger partial charge is 0.294 e. The van der Waals surface area contributed by atoms with E-state index in [9.17, 15) is 21.4 Å². The van der Waals surface area contributed by atoms with Gasteiger partial charge in [0.05, 0.1) is 9.79 Å². The molecule has 0 fully saturated rings. The molecule has 2 aromatic rings. The molecule has 0 unspecified atom stereocenters. The number of nitrogens with one attached hydrogen (secondary N) is 2. The zero-order valence-corrected chi connectivity index (χ0v) is 15.4. The lowest BCUT2D eigenvalue weighted by atomic mass is 10.1. The molecule has 10 heteroatoms. The van der Waals surface area contributed by atoms with Crippen LogP contribution in [0.1, 0.15) is 11.1 Å². The third-order valence-corrected chi connectivity index (χ3v) is 5.48. The summed E-state index contributed by atoms with van der Waals surface area (Å²) in [5, 5.41) is 0. The van der Waals surface area contributed by atoms with Crippen molar-refractivity contribution in [3.05, 3.63) is 59.7 Å². The van der Waals surface area contributed by atoms with Crippen molar-refractivity contribution >= 4 is 20.2 Å². The summed E-state index contributed by atoms with van der Waals surface area (Å²) in [4.78, 5) is -0.245. The highest BCUT2D eigenvalue weighted by Gasteiger charge is 2.13. The Morgan fingerprint density at radius 3 is 1.88 bits per heavy atom. The maximum absolute atomic E-state index is 11.3. The first kappa shape index (κ1) is 20.5. The predicted octanol–water partition coefficient (Wildman–Crippen LogP) is 1.06. The van der Waals surface area contributed by atoms with Gasteiger partial charge in [-0.25, -0.2) is 0 Å². The van der Waals surface area contributed by atoms with E-state index < -0.39 is 20.2 Å². The molecule has 142 valence electrons. The molecule has 2 rings (SSSR count). The zero-order valence-electron chi connectivity index (χ0n) is 13.8. The van der Waals surface area contributed by atoms with E-state index in [2.05, 4.69) is 10.9 Å². The first-order chi connectivity index (χ1) is 12.2. The van der Waals surface area contributed by atoms with Gasteiger partial charge in [0.15, 0.2) is 0 Å². The van der Waals surface area contributed by atoms with Crippen LogP contribution in [0.3, 0.4) is 0 Å². The van der Waals surface area contributed by atoms with Crippen LogP contribution in [0.4, 0.5) is 0 Å². The van der Waals surface area contributed by atoms with Gasteiger partial charge in [-0.05, 0) is 42.2 Å². The van der Waals surface area contributed by atoms with Crippen molar-refractivity contribution in [1.29, 1.82) is 0 Å². The second-order valence-electron chi connectivity index (χ2n) is 5.56. The molecule has 0 aliphatic rings. The number of hydrogen-bond donors (Lipinski definition) is 4. The van der Waals surface area contributed by atoms with E-state index in [-0.39, 0.29) is 9.79 Å². The molecule has 0 saturated heterocycles. The van der Waals surface area contributed by atoms with Gasteiger partial charge in [-0.15, -0.1) is 0 Å². The van der Waals surface area contributed by atoms with Crippen LogP contribution in [0.15, 0.2) is 58.3 Å². The number of rotatable bonds is 9. The van der Waals surface area contributed by atoms with Crippen molar-refractivity contribution in [2.75, 3.05) is 13.1 Å². The Balaban J connectivity index is 1.75. The van der Waals surface area contributed by atoms with E-state index >= 15 is 0 Å². The lowest BCUT2D eigenvalue weighted by molar-refractivity contribution is 0.479. The van der Waals surface area contributed by atoms with Gasteiger partial charge in [-0.2, -0.15) is 16.8 Å². The molecule has 0 atom stereocenters. The fourth-order valence-electron chi connectivity index (χ4n) is 2.37. The van der Waals surface area contributed by atoms with Crippen molar-refractivity contribution in [2.24, 2.45) is 0 Å². The summed E-state index contributed by atoms with van der Waals surface area (Å²) in [5.74, 6) is 0. The molecule has 0 aromatic heterocycles. The highest BCUT2D eigenvalue weighted by atomic mass is 32.2. The third-order valence-electron chi connectivity index (χ3n) is 3.65. The van der Waals surface area contributed by atoms with E-state index in [1.165, 1.54) is 18.2 Å². The minimum Gasteiger partial charge on any atom is -0.282 e. The highest BCUT2D eigenvalue weighted by molar-refractivity contribution is 7.86. The summed E-state index contributed by atoms with van der Waals surface area (Å²) in [6, 6.07) is 12.2. The van der Waals surface area contributed by atoms with Gasteiger partial charge in [0.1, 0.15) is 0 Å². The van der Waals surface area contributed by atoms with Crippen LogP contribution in [0.5, 0.6) is 0 Å². The molecule has 0 amide bonds. The lowest BCUT2D eigenvalue weighted by Crippen LogP contribution is -2.35. The van der Waals surface area contributed by atoms with Crippen molar-refractivity contribution in [2.45, 2.75) is 22.6 Å². The fourth-order valence-corrected chi connectivity index (χ4v) is 3.60. The molecule has 0 spiro atoms. The first-order valence-electron chi connectivity index (χ1n) is 7.75. The molecule has 0 aliphatic carbocycles. The molecular formula is C16H20N2O6S2. The van der Waals surface area contributed by atoms with Crippen LogP contribution in [0.25, 0.3) is 0 Å². The standard InChI is InChI=1S/C16H20N2O6S2/c19-25(20,21)15-7-5-13(6-8-15)9-11-17-18-12-10-14-3-1-2-4-16(14)26(22,23)24/h1-8,17-18H,9-12H2,(H,19,20,21)(H,22,23,24). The smallest absolute Gasteiger partial charge is 0.282 e. The molecule has 0 bridgehead atoms.